The predicted molar refractivity (Wildman–Crippen MR) is 77.6 cm³/mol. The number of hydrogen-bond donors (Lipinski definition) is 1. The third-order valence-corrected chi connectivity index (χ3v) is 3.91. The summed E-state index contributed by atoms with van der Waals surface area (Å²) in [6.45, 7) is 4.27. The molecule has 19 heavy (non-hydrogen) atoms. The van der Waals surface area contributed by atoms with Crippen molar-refractivity contribution < 1.29 is 9.90 Å². The molecule has 0 saturated heterocycles. The van der Waals surface area contributed by atoms with Gasteiger partial charge in [-0.15, -0.1) is 0 Å². The van der Waals surface area contributed by atoms with Crippen molar-refractivity contribution >= 4 is 16.9 Å². The number of aromatic nitrogens is 1. The number of aliphatic carboxylic acids is 1. The molecule has 0 radical (unpaired) electrons. The van der Waals surface area contributed by atoms with E-state index in [2.05, 4.69) is 43.7 Å². The van der Waals surface area contributed by atoms with E-state index in [0.29, 0.717) is 6.42 Å². The summed E-state index contributed by atoms with van der Waals surface area (Å²) in [5.74, 6) is -0.716. The summed E-state index contributed by atoms with van der Waals surface area (Å²) < 4.78 is 2.20. The first-order chi connectivity index (χ1) is 9.04. The van der Waals surface area contributed by atoms with E-state index in [4.69, 9.17) is 5.11 Å². The molecule has 1 N–H and O–H groups in total. The highest BCUT2D eigenvalue weighted by atomic mass is 16.4. The first-order valence-electron chi connectivity index (χ1n) is 6.83. The Bertz CT molecular complexity index is 611. The minimum Gasteiger partial charge on any atom is -0.481 e. The zero-order chi connectivity index (χ0) is 14.0. The molecule has 1 aromatic heterocycles. The maximum absolute atomic E-state index is 10.6. The van der Waals surface area contributed by atoms with Crippen molar-refractivity contribution in [1.82, 2.24) is 4.57 Å². The van der Waals surface area contributed by atoms with Gasteiger partial charge in [0.1, 0.15) is 0 Å². The number of hydrogen-bond acceptors (Lipinski definition) is 1. The quantitative estimate of drug-likeness (QED) is 0.893. The molecule has 0 fully saturated rings. The first kappa shape index (κ1) is 13.7. The van der Waals surface area contributed by atoms with Gasteiger partial charge in [0.25, 0.3) is 0 Å². The topological polar surface area (TPSA) is 42.2 Å². The summed E-state index contributed by atoms with van der Waals surface area (Å²) in [4.78, 5) is 10.6. The molecule has 1 heterocycles. The standard InChI is InChI=1S/C16H21NO2/c1-4-12-8-9-15-14(10-12)13(11(2)17(15)3)6-5-7-16(18)19/h8-10H,4-7H2,1-3H3,(H,18,19). The molecule has 0 saturated carbocycles. The maximum Gasteiger partial charge on any atom is 0.303 e. The van der Waals surface area contributed by atoms with Gasteiger partial charge in [-0.05, 0) is 49.4 Å². The van der Waals surface area contributed by atoms with E-state index in [-0.39, 0.29) is 6.42 Å². The zero-order valence-corrected chi connectivity index (χ0v) is 11.9. The van der Waals surface area contributed by atoms with Gasteiger partial charge in [0.2, 0.25) is 0 Å². The third-order valence-electron chi connectivity index (χ3n) is 3.91. The van der Waals surface area contributed by atoms with Crippen LogP contribution in [0.5, 0.6) is 0 Å². The SMILES string of the molecule is CCc1ccc2c(c1)c(CCCC(=O)O)c(C)n2C. The summed E-state index contributed by atoms with van der Waals surface area (Å²) >= 11 is 0. The van der Waals surface area contributed by atoms with Gasteiger partial charge in [0, 0.05) is 30.1 Å². The highest BCUT2D eigenvalue weighted by Crippen LogP contribution is 2.27. The molecule has 0 unspecified atom stereocenters. The van der Waals surface area contributed by atoms with Gasteiger partial charge in [0.05, 0.1) is 0 Å². The van der Waals surface area contributed by atoms with E-state index in [0.717, 1.165) is 12.8 Å². The summed E-state index contributed by atoms with van der Waals surface area (Å²) in [5.41, 5.74) is 5.11. The Hall–Kier alpha value is -1.77. The Morgan fingerprint density at radius 2 is 2.11 bits per heavy atom. The summed E-state index contributed by atoms with van der Waals surface area (Å²) in [6, 6.07) is 6.59. The molecule has 2 aromatic rings. The van der Waals surface area contributed by atoms with Crippen LogP contribution in [0.25, 0.3) is 10.9 Å². The van der Waals surface area contributed by atoms with Crippen LogP contribution in [0.4, 0.5) is 0 Å². The van der Waals surface area contributed by atoms with Crippen LogP contribution >= 0.6 is 0 Å². The van der Waals surface area contributed by atoms with Crippen molar-refractivity contribution in [2.45, 2.75) is 39.5 Å². The smallest absolute Gasteiger partial charge is 0.303 e. The second-order valence-corrected chi connectivity index (χ2v) is 5.08. The fourth-order valence-electron chi connectivity index (χ4n) is 2.65. The second-order valence-electron chi connectivity index (χ2n) is 5.08. The molecule has 102 valence electrons. The fraction of sp³-hybridized carbons (Fsp3) is 0.438. The van der Waals surface area contributed by atoms with Crippen molar-refractivity contribution in [2.75, 3.05) is 0 Å². The molecule has 3 heteroatoms. The molecule has 1 aromatic carbocycles. The minimum atomic E-state index is -0.716. The highest BCUT2D eigenvalue weighted by molar-refractivity contribution is 5.86. The fourth-order valence-corrected chi connectivity index (χ4v) is 2.65. The van der Waals surface area contributed by atoms with E-state index in [1.165, 1.54) is 27.7 Å². The van der Waals surface area contributed by atoms with Gasteiger partial charge >= 0.3 is 5.97 Å². The highest BCUT2D eigenvalue weighted by Gasteiger charge is 2.12. The number of benzene rings is 1. The normalized spacial score (nSPS) is 11.1. The molecule has 0 spiro atoms. The average molecular weight is 259 g/mol. The van der Waals surface area contributed by atoms with Gasteiger partial charge in [-0.3, -0.25) is 4.79 Å². The minimum absolute atomic E-state index is 0.239. The first-order valence-corrected chi connectivity index (χ1v) is 6.83. The Labute approximate surface area is 113 Å². The van der Waals surface area contributed by atoms with Crippen LogP contribution < -0.4 is 0 Å². The number of rotatable bonds is 5. The van der Waals surface area contributed by atoms with Crippen molar-refractivity contribution in [1.29, 1.82) is 0 Å². The van der Waals surface area contributed by atoms with E-state index >= 15 is 0 Å². The summed E-state index contributed by atoms with van der Waals surface area (Å²) in [7, 11) is 2.07. The monoisotopic (exact) mass is 259 g/mol. The molecule has 0 aliphatic carbocycles. The van der Waals surface area contributed by atoms with Gasteiger partial charge in [0.15, 0.2) is 0 Å². The van der Waals surface area contributed by atoms with Crippen molar-refractivity contribution in [2.24, 2.45) is 7.05 Å². The molecular weight excluding hydrogens is 238 g/mol. The summed E-state index contributed by atoms with van der Waals surface area (Å²) in [6.07, 6.45) is 2.80. The molecule has 0 aliphatic rings. The molecule has 0 atom stereocenters. The van der Waals surface area contributed by atoms with Crippen LogP contribution in [-0.4, -0.2) is 15.6 Å². The molecule has 2 rings (SSSR count). The van der Waals surface area contributed by atoms with Crippen molar-refractivity contribution in [3.63, 3.8) is 0 Å². The van der Waals surface area contributed by atoms with Crippen LogP contribution in [0.3, 0.4) is 0 Å². The zero-order valence-electron chi connectivity index (χ0n) is 11.9. The largest absolute Gasteiger partial charge is 0.481 e. The van der Waals surface area contributed by atoms with Crippen LogP contribution in [-0.2, 0) is 24.7 Å². The lowest BCUT2D eigenvalue weighted by Crippen LogP contribution is -1.97. The van der Waals surface area contributed by atoms with Crippen LogP contribution in [0.1, 0.15) is 36.6 Å². The molecule has 0 bridgehead atoms. The number of nitrogens with zero attached hydrogens (tertiary/aromatic N) is 1. The van der Waals surface area contributed by atoms with Gasteiger partial charge in [-0.2, -0.15) is 0 Å². The van der Waals surface area contributed by atoms with Gasteiger partial charge in [-0.1, -0.05) is 13.0 Å². The van der Waals surface area contributed by atoms with Crippen LogP contribution in [0.15, 0.2) is 18.2 Å². The van der Waals surface area contributed by atoms with Gasteiger partial charge in [-0.25, -0.2) is 0 Å². The Kier molecular flexibility index (Phi) is 3.93. The van der Waals surface area contributed by atoms with Crippen molar-refractivity contribution in [3.05, 3.63) is 35.0 Å². The number of fused-ring (bicyclic) bond motifs is 1. The number of carboxylic acids is 1. The van der Waals surface area contributed by atoms with Crippen LogP contribution in [0.2, 0.25) is 0 Å². The Morgan fingerprint density at radius 3 is 2.74 bits per heavy atom. The Balaban J connectivity index is 2.40. The lowest BCUT2D eigenvalue weighted by molar-refractivity contribution is -0.137. The lowest BCUT2D eigenvalue weighted by Gasteiger charge is -2.02. The Morgan fingerprint density at radius 1 is 1.37 bits per heavy atom. The molecule has 0 aliphatic heterocycles. The van der Waals surface area contributed by atoms with Crippen LogP contribution in [0, 0.1) is 6.92 Å². The molecule has 3 nitrogen and oxygen atoms in total. The molecular formula is C16H21NO2. The number of carbonyl (C=O) groups is 1. The summed E-state index contributed by atoms with van der Waals surface area (Å²) in [5, 5.41) is 10.0. The van der Waals surface area contributed by atoms with E-state index < -0.39 is 5.97 Å². The predicted octanol–water partition coefficient (Wildman–Crippen LogP) is 3.46. The number of carboxylic acid groups (broad SMARTS) is 1. The second kappa shape index (κ2) is 5.47. The van der Waals surface area contributed by atoms with E-state index in [9.17, 15) is 4.79 Å². The lowest BCUT2D eigenvalue weighted by atomic mass is 10.0. The third kappa shape index (κ3) is 2.65. The van der Waals surface area contributed by atoms with E-state index in [1.54, 1.807) is 0 Å². The molecule has 0 amide bonds. The van der Waals surface area contributed by atoms with Gasteiger partial charge < -0.3 is 9.67 Å². The average Bonchev–Trinajstić information content (AvgIpc) is 2.63. The number of aryl methyl sites for hydroxylation is 3. The van der Waals surface area contributed by atoms with E-state index in [1.807, 2.05) is 0 Å². The van der Waals surface area contributed by atoms with Crippen molar-refractivity contribution in [3.8, 4) is 0 Å². The maximum atomic E-state index is 10.6.